The zero-order valence-electron chi connectivity index (χ0n) is 23.9. The number of carbonyl (C=O) groups excluding carboxylic acids is 2. The van der Waals surface area contributed by atoms with Crippen molar-refractivity contribution in [2.45, 2.75) is 63.1 Å². The Morgan fingerprint density at radius 2 is 1.67 bits per heavy atom. The summed E-state index contributed by atoms with van der Waals surface area (Å²) in [6.07, 6.45) is 3.83. The largest absolute Gasteiger partial charge is 0.494 e. The van der Waals surface area contributed by atoms with Gasteiger partial charge in [0.1, 0.15) is 18.3 Å². The molecule has 0 bridgehead atoms. The molecule has 0 radical (unpaired) electrons. The second-order valence-electron chi connectivity index (χ2n) is 10.3. The van der Waals surface area contributed by atoms with E-state index in [-0.39, 0.29) is 29.1 Å². The molecular weight excluding hydrogens is 677 g/mol. The molecule has 12 heteroatoms. The first-order valence-corrected chi connectivity index (χ1v) is 17.0. The fourth-order valence-electron chi connectivity index (χ4n) is 4.95. The van der Waals surface area contributed by atoms with E-state index in [0.717, 1.165) is 30.0 Å². The molecule has 230 valence electrons. The van der Waals surface area contributed by atoms with Crippen molar-refractivity contribution >= 4 is 66.7 Å². The van der Waals surface area contributed by atoms with Crippen molar-refractivity contribution in [1.29, 1.82) is 0 Å². The van der Waals surface area contributed by atoms with Crippen LogP contribution in [0.15, 0.2) is 76.1 Å². The van der Waals surface area contributed by atoms with Crippen LogP contribution in [0.2, 0.25) is 10.0 Å². The monoisotopic (exact) mass is 709 g/mol. The fraction of sp³-hybridized carbons (Fsp3) is 0.355. The van der Waals surface area contributed by atoms with Gasteiger partial charge in [-0.1, -0.05) is 58.0 Å². The lowest BCUT2D eigenvalue weighted by Crippen LogP contribution is -2.52. The number of amides is 2. The molecule has 1 aliphatic carbocycles. The Balaban J connectivity index is 1.70. The number of carbonyl (C=O) groups is 2. The lowest BCUT2D eigenvalue weighted by Gasteiger charge is -2.32. The summed E-state index contributed by atoms with van der Waals surface area (Å²) in [5.41, 5.74) is 0.843. The van der Waals surface area contributed by atoms with Gasteiger partial charge in [0.2, 0.25) is 11.8 Å². The van der Waals surface area contributed by atoms with Crippen LogP contribution in [-0.4, -0.2) is 50.4 Å². The molecule has 1 saturated carbocycles. The van der Waals surface area contributed by atoms with Crippen LogP contribution in [0.5, 0.6) is 5.75 Å². The molecule has 0 saturated heterocycles. The second-order valence-corrected chi connectivity index (χ2v) is 13.9. The number of ether oxygens (including phenoxy) is 1. The van der Waals surface area contributed by atoms with Crippen LogP contribution < -0.4 is 14.4 Å². The van der Waals surface area contributed by atoms with Gasteiger partial charge in [0.25, 0.3) is 10.0 Å². The molecule has 1 aliphatic rings. The Labute approximate surface area is 271 Å². The van der Waals surface area contributed by atoms with E-state index in [9.17, 15) is 18.0 Å². The van der Waals surface area contributed by atoms with Crippen LogP contribution in [0, 0.1) is 0 Å². The first-order chi connectivity index (χ1) is 20.5. The normalized spacial score (nSPS) is 14.3. The van der Waals surface area contributed by atoms with E-state index in [0.29, 0.717) is 32.4 Å². The smallest absolute Gasteiger partial charge is 0.264 e. The van der Waals surface area contributed by atoms with Gasteiger partial charge in [-0.25, -0.2) is 8.42 Å². The molecule has 8 nitrogen and oxygen atoms in total. The Morgan fingerprint density at radius 1 is 1.02 bits per heavy atom. The number of anilines is 1. The van der Waals surface area contributed by atoms with Crippen molar-refractivity contribution in [3.8, 4) is 5.75 Å². The molecular formula is C31H34BrCl2N3O5S. The summed E-state index contributed by atoms with van der Waals surface area (Å²) in [5, 5.41) is 3.82. The van der Waals surface area contributed by atoms with Gasteiger partial charge < -0.3 is 15.0 Å². The van der Waals surface area contributed by atoms with Crippen LogP contribution in [0.3, 0.4) is 0 Å². The number of hydrogen-bond donors (Lipinski definition) is 1. The van der Waals surface area contributed by atoms with Crippen LogP contribution >= 0.6 is 39.1 Å². The zero-order chi connectivity index (χ0) is 31.1. The average molecular weight is 712 g/mol. The predicted octanol–water partition coefficient (Wildman–Crippen LogP) is 6.83. The van der Waals surface area contributed by atoms with E-state index < -0.39 is 28.5 Å². The van der Waals surface area contributed by atoms with Gasteiger partial charge in [-0.05, 0) is 92.9 Å². The number of benzene rings is 3. The maximum absolute atomic E-state index is 14.1. The summed E-state index contributed by atoms with van der Waals surface area (Å²) >= 11 is 15.9. The van der Waals surface area contributed by atoms with Gasteiger partial charge in [0, 0.05) is 27.1 Å². The highest BCUT2D eigenvalue weighted by atomic mass is 79.9. The number of rotatable bonds is 12. The molecule has 3 aromatic rings. The van der Waals surface area contributed by atoms with E-state index in [1.807, 2.05) is 6.92 Å². The minimum Gasteiger partial charge on any atom is -0.494 e. The minimum atomic E-state index is -4.20. The number of halogens is 3. The Morgan fingerprint density at radius 3 is 2.28 bits per heavy atom. The van der Waals surface area contributed by atoms with Crippen molar-refractivity contribution in [2.75, 3.05) is 17.5 Å². The summed E-state index contributed by atoms with van der Waals surface area (Å²) in [6, 6.07) is 16.7. The van der Waals surface area contributed by atoms with Crippen molar-refractivity contribution in [3.63, 3.8) is 0 Å². The highest BCUT2D eigenvalue weighted by Crippen LogP contribution is 2.29. The predicted molar refractivity (Wildman–Crippen MR) is 173 cm³/mol. The number of nitrogens with one attached hydrogen (secondary N) is 1. The summed E-state index contributed by atoms with van der Waals surface area (Å²) < 4.78 is 35.3. The van der Waals surface area contributed by atoms with Crippen molar-refractivity contribution in [1.82, 2.24) is 10.2 Å². The molecule has 0 aromatic heterocycles. The van der Waals surface area contributed by atoms with E-state index in [1.165, 1.54) is 17.0 Å². The standard InChI is InChI=1S/C31H34BrCl2N3O5S/c1-3-42-27-14-12-26(13-15-27)37(43(40,41)28-16-9-23(32)10-17-28)20-30(38)36(19-22-8-11-24(33)18-29(22)34)21(2)31(39)35-25-6-4-5-7-25/h8-18,21,25H,3-7,19-20H2,1-2H3,(H,35,39)/t21-/m0/s1. The number of sulfonamides is 1. The molecule has 1 N–H and O–H groups in total. The highest BCUT2D eigenvalue weighted by Gasteiger charge is 2.33. The molecule has 43 heavy (non-hydrogen) atoms. The van der Waals surface area contributed by atoms with Gasteiger partial charge in [-0.15, -0.1) is 0 Å². The van der Waals surface area contributed by atoms with Crippen molar-refractivity contribution in [3.05, 3.63) is 86.8 Å². The lowest BCUT2D eigenvalue weighted by molar-refractivity contribution is -0.139. The van der Waals surface area contributed by atoms with E-state index in [1.54, 1.807) is 61.5 Å². The summed E-state index contributed by atoms with van der Waals surface area (Å²) in [6.45, 7) is 3.35. The summed E-state index contributed by atoms with van der Waals surface area (Å²) in [7, 11) is -4.20. The third-order valence-corrected chi connectivity index (χ3v) is 10.2. The van der Waals surface area contributed by atoms with Gasteiger partial charge in [-0.2, -0.15) is 0 Å². The van der Waals surface area contributed by atoms with Crippen LogP contribution in [0.25, 0.3) is 0 Å². The molecule has 1 fully saturated rings. The van der Waals surface area contributed by atoms with Crippen LogP contribution in [-0.2, 0) is 26.2 Å². The molecule has 0 aliphatic heterocycles. The average Bonchev–Trinajstić information content (AvgIpc) is 3.49. The quantitative estimate of drug-likeness (QED) is 0.223. The summed E-state index contributed by atoms with van der Waals surface area (Å²) in [5.74, 6) is -0.321. The van der Waals surface area contributed by atoms with Crippen LogP contribution in [0.4, 0.5) is 5.69 Å². The Bertz CT molecular complexity index is 1530. The van der Waals surface area contributed by atoms with E-state index in [4.69, 9.17) is 27.9 Å². The SMILES string of the molecule is CCOc1ccc(N(CC(=O)N(Cc2ccc(Cl)cc2Cl)[C@@H](C)C(=O)NC2CCCC2)S(=O)(=O)c2ccc(Br)cc2)cc1. The topological polar surface area (TPSA) is 96.0 Å². The third kappa shape index (κ3) is 8.44. The highest BCUT2D eigenvalue weighted by molar-refractivity contribution is 9.10. The van der Waals surface area contributed by atoms with Crippen LogP contribution in [0.1, 0.15) is 45.1 Å². The Kier molecular flexibility index (Phi) is 11.4. The van der Waals surface area contributed by atoms with Crippen molar-refractivity contribution < 1.29 is 22.7 Å². The molecule has 2 amide bonds. The minimum absolute atomic E-state index is 0.0108. The number of hydrogen-bond acceptors (Lipinski definition) is 5. The van der Waals surface area contributed by atoms with Gasteiger partial charge >= 0.3 is 0 Å². The Hall–Kier alpha value is -2.79. The summed E-state index contributed by atoms with van der Waals surface area (Å²) in [4.78, 5) is 28.9. The molecule has 0 heterocycles. The molecule has 0 spiro atoms. The third-order valence-electron chi connectivity index (χ3n) is 7.34. The number of nitrogens with zero attached hydrogens (tertiary/aromatic N) is 2. The van der Waals surface area contributed by atoms with Gasteiger partial charge in [-0.3, -0.25) is 13.9 Å². The molecule has 4 rings (SSSR count). The maximum Gasteiger partial charge on any atom is 0.264 e. The molecule has 0 unspecified atom stereocenters. The van der Waals surface area contributed by atoms with E-state index >= 15 is 0 Å². The van der Waals surface area contributed by atoms with Crippen molar-refractivity contribution in [2.24, 2.45) is 0 Å². The first-order valence-electron chi connectivity index (χ1n) is 14.0. The maximum atomic E-state index is 14.1. The van der Waals surface area contributed by atoms with Gasteiger partial charge in [0.15, 0.2) is 0 Å². The fourth-order valence-corrected chi connectivity index (χ4v) is 7.09. The van der Waals surface area contributed by atoms with E-state index in [2.05, 4.69) is 21.2 Å². The second kappa shape index (κ2) is 14.8. The zero-order valence-corrected chi connectivity index (χ0v) is 27.8. The van der Waals surface area contributed by atoms with Gasteiger partial charge in [0.05, 0.1) is 17.2 Å². The first kappa shape index (κ1) is 33.1. The lowest BCUT2D eigenvalue weighted by atomic mass is 10.1. The molecule has 3 aromatic carbocycles. The molecule has 1 atom stereocenters.